The van der Waals surface area contributed by atoms with Crippen LogP contribution in [-0.2, 0) is 10.0 Å². The van der Waals surface area contributed by atoms with E-state index in [2.05, 4.69) is 0 Å². The standard InChI is InChI=1S/C18H26FNO3S/c19-17-6-4-15(5-7-17)18(21)16-8-11-20(12-9-16)24(22,23)13-10-14-2-1-3-14/h4-7,14,16,18,21H,1-3,8-13H2. The largest absolute Gasteiger partial charge is 0.388 e. The summed E-state index contributed by atoms with van der Waals surface area (Å²) in [4.78, 5) is 0. The van der Waals surface area contributed by atoms with Crippen molar-refractivity contribution >= 4 is 10.0 Å². The van der Waals surface area contributed by atoms with E-state index in [1.807, 2.05) is 0 Å². The first-order valence-electron chi connectivity index (χ1n) is 8.87. The molecule has 1 aliphatic carbocycles. The van der Waals surface area contributed by atoms with Crippen molar-refractivity contribution < 1.29 is 17.9 Å². The van der Waals surface area contributed by atoms with Crippen LogP contribution < -0.4 is 0 Å². The molecule has 1 saturated heterocycles. The Kier molecular flexibility index (Phi) is 5.57. The maximum Gasteiger partial charge on any atom is 0.214 e. The predicted molar refractivity (Wildman–Crippen MR) is 91.4 cm³/mol. The molecule has 0 spiro atoms. The smallest absolute Gasteiger partial charge is 0.214 e. The molecule has 1 atom stereocenters. The van der Waals surface area contributed by atoms with Gasteiger partial charge in [0.1, 0.15) is 5.82 Å². The first-order chi connectivity index (χ1) is 11.5. The van der Waals surface area contributed by atoms with Crippen LogP contribution in [0.2, 0.25) is 0 Å². The highest BCUT2D eigenvalue weighted by Crippen LogP contribution is 2.33. The highest BCUT2D eigenvalue weighted by atomic mass is 32.2. The van der Waals surface area contributed by atoms with Gasteiger partial charge in [0.25, 0.3) is 0 Å². The van der Waals surface area contributed by atoms with Crippen molar-refractivity contribution in [3.8, 4) is 0 Å². The highest BCUT2D eigenvalue weighted by molar-refractivity contribution is 7.89. The Morgan fingerprint density at radius 1 is 1.12 bits per heavy atom. The summed E-state index contributed by atoms with van der Waals surface area (Å²) in [5.41, 5.74) is 0.697. The Hall–Kier alpha value is -0.980. The molecular weight excluding hydrogens is 329 g/mol. The summed E-state index contributed by atoms with van der Waals surface area (Å²) in [7, 11) is -3.17. The first-order valence-corrected chi connectivity index (χ1v) is 10.5. The van der Waals surface area contributed by atoms with Gasteiger partial charge in [-0.2, -0.15) is 0 Å². The second-order valence-electron chi connectivity index (χ2n) is 7.13. The molecule has 0 radical (unpaired) electrons. The van der Waals surface area contributed by atoms with Crippen molar-refractivity contribution in [2.45, 2.75) is 44.6 Å². The van der Waals surface area contributed by atoms with Gasteiger partial charge in [0.15, 0.2) is 0 Å². The fraction of sp³-hybridized carbons (Fsp3) is 0.667. The normalized spacial score (nSPS) is 22.2. The Bertz CT molecular complexity index is 635. The van der Waals surface area contributed by atoms with Gasteiger partial charge in [-0.25, -0.2) is 17.1 Å². The number of sulfonamides is 1. The zero-order valence-corrected chi connectivity index (χ0v) is 14.7. The molecule has 6 heteroatoms. The van der Waals surface area contributed by atoms with E-state index in [9.17, 15) is 17.9 Å². The van der Waals surface area contributed by atoms with Gasteiger partial charge in [-0.3, -0.25) is 0 Å². The van der Waals surface area contributed by atoms with Crippen molar-refractivity contribution in [1.29, 1.82) is 0 Å². The van der Waals surface area contributed by atoms with Crippen LogP contribution in [0, 0.1) is 17.7 Å². The molecule has 24 heavy (non-hydrogen) atoms. The van der Waals surface area contributed by atoms with Gasteiger partial charge in [0, 0.05) is 13.1 Å². The number of aliphatic hydroxyl groups excluding tert-OH is 1. The molecule has 0 aromatic heterocycles. The number of hydrogen-bond acceptors (Lipinski definition) is 3. The van der Waals surface area contributed by atoms with Crippen molar-refractivity contribution in [1.82, 2.24) is 4.31 Å². The summed E-state index contributed by atoms with van der Waals surface area (Å²) in [6.45, 7) is 0.936. The van der Waals surface area contributed by atoms with Gasteiger partial charge >= 0.3 is 0 Å². The van der Waals surface area contributed by atoms with Crippen molar-refractivity contribution in [3.63, 3.8) is 0 Å². The summed E-state index contributed by atoms with van der Waals surface area (Å²) in [6.07, 6.45) is 4.97. The van der Waals surface area contributed by atoms with Crippen LogP contribution in [-0.4, -0.2) is 36.7 Å². The molecule has 2 fully saturated rings. The Morgan fingerprint density at radius 2 is 1.75 bits per heavy atom. The third kappa shape index (κ3) is 4.16. The average molecular weight is 355 g/mol. The van der Waals surface area contributed by atoms with E-state index in [1.54, 1.807) is 16.4 Å². The lowest BCUT2D eigenvalue weighted by molar-refractivity contribution is 0.0759. The summed E-state index contributed by atoms with van der Waals surface area (Å²) in [5, 5.41) is 10.5. The lowest BCUT2D eigenvalue weighted by Crippen LogP contribution is -2.41. The zero-order chi connectivity index (χ0) is 17.2. The Morgan fingerprint density at radius 3 is 2.29 bits per heavy atom. The van der Waals surface area contributed by atoms with E-state index in [0.29, 0.717) is 37.4 Å². The molecule has 0 bridgehead atoms. The van der Waals surface area contributed by atoms with Crippen LogP contribution in [0.5, 0.6) is 0 Å². The zero-order valence-electron chi connectivity index (χ0n) is 13.9. The maximum atomic E-state index is 13.0. The molecular formula is C18H26FNO3S. The fourth-order valence-corrected chi connectivity index (χ4v) is 5.28. The van der Waals surface area contributed by atoms with E-state index in [1.165, 1.54) is 31.4 Å². The van der Waals surface area contributed by atoms with Crippen molar-refractivity contribution in [2.24, 2.45) is 11.8 Å². The van der Waals surface area contributed by atoms with E-state index >= 15 is 0 Å². The van der Waals surface area contributed by atoms with E-state index < -0.39 is 16.1 Å². The average Bonchev–Trinajstić information content (AvgIpc) is 2.53. The minimum Gasteiger partial charge on any atom is -0.388 e. The number of hydrogen-bond donors (Lipinski definition) is 1. The van der Waals surface area contributed by atoms with Gasteiger partial charge < -0.3 is 5.11 Å². The fourth-order valence-electron chi connectivity index (χ4n) is 3.63. The van der Waals surface area contributed by atoms with Crippen LogP contribution in [0.3, 0.4) is 0 Å². The van der Waals surface area contributed by atoms with Gasteiger partial charge in [0.2, 0.25) is 10.0 Å². The third-order valence-corrected chi connectivity index (χ3v) is 7.46. The molecule has 1 aromatic rings. The van der Waals surface area contributed by atoms with Gasteiger partial charge in [-0.1, -0.05) is 31.4 Å². The number of benzene rings is 1. The van der Waals surface area contributed by atoms with Crippen LogP contribution in [0.1, 0.15) is 50.2 Å². The Balaban J connectivity index is 1.51. The summed E-state index contributed by atoms with van der Waals surface area (Å²) < 4.78 is 39.4. The molecule has 4 nitrogen and oxygen atoms in total. The van der Waals surface area contributed by atoms with Gasteiger partial charge in [0.05, 0.1) is 11.9 Å². The van der Waals surface area contributed by atoms with Gasteiger partial charge in [-0.15, -0.1) is 0 Å². The van der Waals surface area contributed by atoms with Crippen LogP contribution in [0.25, 0.3) is 0 Å². The van der Waals surface area contributed by atoms with E-state index in [0.717, 1.165) is 6.42 Å². The molecule has 1 aromatic carbocycles. The number of rotatable bonds is 6. The van der Waals surface area contributed by atoms with Crippen molar-refractivity contribution in [3.05, 3.63) is 35.6 Å². The predicted octanol–water partition coefficient (Wildman–Crippen LogP) is 3.09. The minimum absolute atomic E-state index is 0.0218. The summed E-state index contributed by atoms with van der Waals surface area (Å²) in [5.74, 6) is 0.549. The highest BCUT2D eigenvalue weighted by Gasteiger charge is 2.32. The number of nitrogens with zero attached hydrogens (tertiary/aromatic N) is 1. The second kappa shape index (κ2) is 7.50. The molecule has 1 saturated carbocycles. The molecule has 3 rings (SSSR count). The molecule has 1 aliphatic heterocycles. The number of piperidine rings is 1. The van der Waals surface area contributed by atoms with Crippen LogP contribution in [0.4, 0.5) is 4.39 Å². The monoisotopic (exact) mass is 355 g/mol. The molecule has 2 aliphatic rings. The topological polar surface area (TPSA) is 57.6 Å². The molecule has 1 N–H and O–H groups in total. The van der Waals surface area contributed by atoms with Crippen LogP contribution >= 0.6 is 0 Å². The summed E-state index contributed by atoms with van der Waals surface area (Å²) in [6, 6.07) is 5.89. The Labute approximate surface area is 143 Å². The maximum absolute atomic E-state index is 13.0. The van der Waals surface area contributed by atoms with Gasteiger partial charge in [-0.05, 0) is 48.8 Å². The SMILES string of the molecule is O=S(=O)(CCC1CCC1)N1CCC(C(O)c2ccc(F)cc2)CC1. The molecule has 0 amide bonds. The minimum atomic E-state index is -3.17. The quantitative estimate of drug-likeness (QED) is 0.853. The number of halogens is 1. The molecule has 1 heterocycles. The first kappa shape index (κ1) is 17.8. The molecule has 134 valence electrons. The lowest BCUT2D eigenvalue weighted by Gasteiger charge is -2.34. The third-order valence-electron chi connectivity index (χ3n) is 5.56. The van der Waals surface area contributed by atoms with Crippen LogP contribution in [0.15, 0.2) is 24.3 Å². The molecule has 1 unspecified atom stereocenters. The summed E-state index contributed by atoms with van der Waals surface area (Å²) >= 11 is 0. The van der Waals surface area contributed by atoms with E-state index in [4.69, 9.17) is 0 Å². The second-order valence-corrected chi connectivity index (χ2v) is 9.22. The number of aliphatic hydroxyl groups is 1. The lowest BCUT2D eigenvalue weighted by atomic mass is 9.84. The van der Waals surface area contributed by atoms with Crippen molar-refractivity contribution in [2.75, 3.05) is 18.8 Å². The van der Waals surface area contributed by atoms with E-state index in [-0.39, 0.29) is 17.5 Å².